The number of anilines is 1. The highest BCUT2D eigenvalue weighted by molar-refractivity contribution is 6.16. The van der Waals surface area contributed by atoms with Crippen LogP contribution in [-0.2, 0) is 9.53 Å². The van der Waals surface area contributed by atoms with E-state index in [4.69, 9.17) is 9.47 Å². The van der Waals surface area contributed by atoms with Gasteiger partial charge in [0.25, 0.3) is 0 Å². The van der Waals surface area contributed by atoms with Crippen LogP contribution in [0.1, 0.15) is 12.5 Å². The van der Waals surface area contributed by atoms with E-state index in [0.717, 1.165) is 12.1 Å². The van der Waals surface area contributed by atoms with E-state index in [1.165, 1.54) is 19.4 Å². The molecule has 0 aliphatic carbocycles. The predicted molar refractivity (Wildman–Crippen MR) is 87.6 cm³/mol. The Labute approximate surface area is 138 Å². The average Bonchev–Trinajstić information content (AvgIpc) is 2.57. The van der Waals surface area contributed by atoms with Crippen molar-refractivity contribution in [2.75, 3.05) is 19.0 Å². The van der Waals surface area contributed by atoms with Crippen molar-refractivity contribution in [3.8, 4) is 5.75 Å². The summed E-state index contributed by atoms with van der Waals surface area (Å²) in [6.45, 7) is 1.90. The molecule has 6 heteroatoms. The van der Waals surface area contributed by atoms with E-state index in [9.17, 15) is 13.6 Å². The third kappa shape index (κ3) is 4.32. The molecular weight excluding hydrogens is 316 g/mol. The summed E-state index contributed by atoms with van der Waals surface area (Å²) in [7, 11) is 1.54. The molecule has 24 heavy (non-hydrogen) atoms. The second-order valence-electron chi connectivity index (χ2n) is 4.78. The molecule has 0 aliphatic heterocycles. The molecule has 0 spiro atoms. The highest BCUT2D eigenvalue weighted by atomic mass is 19.1. The summed E-state index contributed by atoms with van der Waals surface area (Å²) < 4.78 is 36.7. The Hall–Kier alpha value is -2.89. The molecular formula is C18H17F2NO3. The van der Waals surface area contributed by atoms with Crippen LogP contribution in [0, 0.1) is 11.6 Å². The van der Waals surface area contributed by atoms with E-state index >= 15 is 0 Å². The SMILES string of the molecule is CCOC(=O)/C(=C/Nc1ccc(F)cc1F)c1ccc(OC)cc1. The minimum Gasteiger partial charge on any atom is -0.497 e. The molecule has 0 saturated carbocycles. The highest BCUT2D eigenvalue weighted by Gasteiger charge is 2.14. The van der Waals surface area contributed by atoms with Gasteiger partial charge in [0.1, 0.15) is 17.4 Å². The van der Waals surface area contributed by atoms with E-state index < -0.39 is 17.6 Å². The number of hydrogen-bond donors (Lipinski definition) is 1. The van der Waals surface area contributed by atoms with Gasteiger partial charge < -0.3 is 14.8 Å². The Kier molecular flexibility index (Phi) is 5.89. The summed E-state index contributed by atoms with van der Waals surface area (Å²) in [4.78, 5) is 12.1. The molecule has 0 atom stereocenters. The molecule has 0 fully saturated rings. The van der Waals surface area contributed by atoms with Crippen LogP contribution >= 0.6 is 0 Å². The summed E-state index contributed by atoms with van der Waals surface area (Å²) in [5, 5.41) is 2.67. The van der Waals surface area contributed by atoms with Gasteiger partial charge in [-0.3, -0.25) is 0 Å². The Balaban J connectivity index is 2.32. The van der Waals surface area contributed by atoms with Crippen molar-refractivity contribution in [3.63, 3.8) is 0 Å². The summed E-state index contributed by atoms with van der Waals surface area (Å²) in [5.74, 6) is -1.36. The van der Waals surface area contributed by atoms with Crippen molar-refractivity contribution in [2.45, 2.75) is 6.92 Å². The van der Waals surface area contributed by atoms with Crippen LogP contribution in [0.15, 0.2) is 48.7 Å². The Bertz CT molecular complexity index is 742. The number of ether oxygens (including phenoxy) is 2. The lowest BCUT2D eigenvalue weighted by Gasteiger charge is -2.10. The average molecular weight is 333 g/mol. The monoisotopic (exact) mass is 333 g/mol. The summed E-state index contributed by atoms with van der Waals surface area (Å²) in [6.07, 6.45) is 1.33. The first kappa shape index (κ1) is 17.5. The van der Waals surface area contributed by atoms with Crippen molar-refractivity contribution in [1.82, 2.24) is 0 Å². The second-order valence-corrected chi connectivity index (χ2v) is 4.78. The molecule has 0 amide bonds. The molecule has 2 aromatic rings. The van der Waals surface area contributed by atoms with Gasteiger partial charge in [-0.15, -0.1) is 0 Å². The summed E-state index contributed by atoms with van der Waals surface area (Å²) >= 11 is 0. The van der Waals surface area contributed by atoms with Gasteiger partial charge in [0.2, 0.25) is 0 Å². The fourth-order valence-electron chi connectivity index (χ4n) is 2.00. The first-order chi connectivity index (χ1) is 11.5. The fourth-order valence-corrected chi connectivity index (χ4v) is 2.00. The Morgan fingerprint density at radius 1 is 1.17 bits per heavy atom. The quantitative estimate of drug-likeness (QED) is 0.641. The maximum absolute atomic E-state index is 13.7. The van der Waals surface area contributed by atoms with Crippen LogP contribution in [0.5, 0.6) is 5.75 Å². The molecule has 0 bridgehead atoms. The lowest BCUT2D eigenvalue weighted by molar-refractivity contribution is -0.136. The number of hydrogen-bond acceptors (Lipinski definition) is 4. The molecule has 0 radical (unpaired) electrons. The highest BCUT2D eigenvalue weighted by Crippen LogP contribution is 2.21. The van der Waals surface area contributed by atoms with E-state index in [0.29, 0.717) is 11.3 Å². The van der Waals surface area contributed by atoms with Crippen LogP contribution in [0.4, 0.5) is 14.5 Å². The van der Waals surface area contributed by atoms with Crippen LogP contribution in [0.25, 0.3) is 5.57 Å². The van der Waals surface area contributed by atoms with Gasteiger partial charge in [0.05, 0.1) is 25.0 Å². The minimum atomic E-state index is -0.760. The fraction of sp³-hybridized carbons (Fsp3) is 0.167. The van der Waals surface area contributed by atoms with Gasteiger partial charge in [0.15, 0.2) is 0 Å². The third-order valence-corrected chi connectivity index (χ3v) is 3.20. The Morgan fingerprint density at radius 2 is 1.88 bits per heavy atom. The first-order valence-corrected chi connectivity index (χ1v) is 7.28. The standard InChI is InChI=1S/C18H17F2NO3/c1-3-24-18(22)15(12-4-7-14(23-2)8-5-12)11-21-17-9-6-13(19)10-16(17)20/h4-11,21H,3H2,1-2H3/b15-11+. The maximum atomic E-state index is 13.7. The van der Waals surface area contributed by atoms with Gasteiger partial charge in [-0.1, -0.05) is 12.1 Å². The number of carbonyl (C=O) groups excluding carboxylic acids is 1. The smallest absolute Gasteiger partial charge is 0.340 e. The van der Waals surface area contributed by atoms with Crippen molar-refractivity contribution in [1.29, 1.82) is 0 Å². The molecule has 0 unspecified atom stereocenters. The van der Waals surface area contributed by atoms with Crippen molar-refractivity contribution < 1.29 is 23.0 Å². The molecule has 2 rings (SSSR count). The molecule has 0 aromatic heterocycles. The van der Waals surface area contributed by atoms with Gasteiger partial charge in [0, 0.05) is 12.3 Å². The molecule has 0 saturated heterocycles. The lowest BCUT2D eigenvalue weighted by Crippen LogP contribution is -2.09. The zero-order valence-corrected chi connectivity index (χ0v) is 13.3. The number of halogens is 2. The number of carbonyl (C=O) groups is 1. The zero-order chi connectivity index (χ0) is 17.5. The van der Waals surface area contributed by atoms with Gasteiger partial charge in [-0.05, 0) is 36.8 Å². The van der Waals surface area contributed by atoms with E-state index in [1.807, 2.05) is 0 Å². The number of rotatable bonds is 6. The largest absolute Gasteiger partial charge is 0.497 e. The van der Waals surface area contributed by atoms with Gasteiger partial charge >= 0.3 is 5.97 Å². The van der Waals surface area contributed by atoms with Crippen LogP contribution < -0.4 is 10.1 Å². The number of nitrogens with one attached hydrogen (secondary N) is 1. The van der Waals surface area contributed by atoms with Crippen LogP contribution in [-0.4, -0.2) is 19.7 Å². The van der Waals surface area contributed by atoms with Gasteiger partial charge in [-0.2, -0.15) is 0 Å². The minimum absolute atomic E-state index is 0.0479. The zero-order valence-electron chi connectivity index (χ0n) is 13.3. The molecule has 126 valence electrons. The second kappa shape index (κ2) is 8.10. The van der Waals surface area contributed by atoms with Crippen molar-refractivity contribution in [2.24, 2.45) is 0 Å². The van der Waals surface area contributed by atoms with Crippen molar-refractivity contribution >= 4 is 17.2 Å². The predicted octanol–water partition coefficient (Wildman–Crippen LogP) is 3.99. The van der Waals surface area contributed by atoms with Crippen LogP contribution in [0.2, 0.25) is 0 Å². The molecule has 2 aromatic carbocycles. The van der Waals surface area contributed by atoms with Crippen LogP contribution in [0.3, 0.4) is 0 Å². The van der Waals surface area contributed by atoms with E-state index in [2.05, 4.69) is 5.32 Å². The van der Waals surface area contributed by atoms with Gasteiger partial charge in [-0.25, -0.2) is 13.6 Å². The number of benzene rings is 2. The summed E-state index contributed by atoms with van der Waals surface area (Å²) in [6, 6.07) is 9.89. The molecule has 1 N–H and O–H groups in total. The lowest BCUT2D eigenvalue weighted by atomic mass is 10.1. The first-order valence-electron chi connectivity index (χ1n) is 7.28. The van der Waals surface area contributed by atoms with Crippen molar-refractivity contribution in [3.05, 3.63) is 65.9 Å². The third-order valence-electron chi connectivity index (χ3n) is 3.20. The van der Waals surface area contributed by atoms with E-state index in [-0.39, 0.29) is 17.9 Å². The number of methoxy groups -OCH3 is 1. The summed E-state index contributed by atoms with van der Waals surface area (Å²) in [5.41, 5.74) is 0.833. The molecule has 4 nitrogen and oxygen atoms in total. The maximum Gasteiger partial charge on any atom is 0.340 e. The molecule has 0 aliphatic rings. The topological polar surface area (TPSA) is 47.6 Å². The number of esters is 1. The molecule has 0 heterocycles. The normalized spacial score (nSPS) is 11.1. The Morgan fingerprint density at radius 3 is 2.46 bits per heavy atom. The van der Waals surface area contributed by atoms with E-state index in [1.54, 1.807) is 31.2 Å².